The van der Waals surface area contributed by atoms with Gasteiger partial charge in [0, 0.05) is 0 Å². The third kappa shape index (κ3) is 6.47. The zero-order valence-corrected chi connectivity index (χ0v) is 12.4. The van der Waals surface area contributed by atoms with Crippen LogP contribution in [0.2, 0.25) is 0 Å². The van der Waals surface area contributed by atoms with E-state index in [0.717, 1.165) is 0 Å². The molecule has 0 saturated carbocycles. The second kappa shape index (κ2) is 6.07. The van der Waals surface area contributed by atoms with Crippen LogP contribution < -0.4 is 5.32 Å². The molecule has 5 nitrogen and oxygen atoms in total. The van der Waals surface area contributed by atoms with Gasteiger partial charge in [-0.15, -0.1) is 0 Å². The normalized spacial score (nSPS) is 13.7. The molecule has 0 heterocycles. The van der Waals surface area contributed by atoms with E-state index in [4.69, 9.17) is 9.47 Å². The van der Waals surface area contributed by atoms with Gasteiger partial charge in [0.1, 0.15) is 11.6 Å². The fourth-order valence-corrected chi connectivity index (χ4v) is 1.28. The number of esters is 1. The van der Waals surface area contributed by atoms with E-state index in [2.05, 4.69) is 5.32 Å². The second-order valence-corrected chi connectivity index (χ2v) is 6.20. The minimum atomic E-state index is -0.729. The van der Waals surface area contributed by atoms with E-state index in [-0.39, 0.29) is 6.61 Å². The summed E-state index contributed by atoms with van der Waals surface area (Å²) in [7, 11) is 0. The Kier molecular flexibility index (Phi) is 5.64. The number of hydrogen-bond donors (Lipinski definition) is 1. The van der Waals surface area contributed by atoms with Gasteiger partial charge in [0.05, 0.1) is 6.61 Å². The molecule has 0 saturated heterocycles. The molecular formula is C13H25NO4. The van der Waals surface area contributed by atoms with E-state index in [9.17, 15) is 9.59 Å². The summed E-state index contributed by atoms with van der Waals surface area (Å²) in [5.74, 6) is -0.448. The highest BCUT2D eigenvalue weighted by molar-refractivity contribution is 5.82. The van der Waals surface area contributed by atoms with Crippen molar-refractivity contribution in [3.63, 3.8) is 0 Å². The molecule has 0 aliphatic rings. The van der Waals surface area contributed by atoms with Gasteiger partial charge in [0.2, 0.25) is 0 Å². The number of ether oxygens (including phenoxy) is 2. The van der Waals surface area contributed by atoms with Gasteiger partial charge in [0.25, 0.3) is 0 Å². The average Bonchev–Trinajstić information content (AvgIpc) is 2.09. The first-order valence-electron chi connectivity index (χ1n) is 6.13. The van der Waals surface area contributed by atoms with Crippen molar-refractivity contribution in [1.82, 2.24) is 5.32 Å². The molecule has 0 spiro atoms. The molecule has 18 heavy (non-hydrogen) atoms. The molecule has 0 rings (SSSR count). The molecule has 0 radical (unpaired) electrons. The molecule has 1 atom stereocenters. The summed E-state index contributed by atoms with van der Waals surface area (Å²) in [5.41, 5.74) is -1.04. The van der Waals surface area contributed by atoms with Crippen LogP contribution in [0.25, 0.3) is 0 Å². The molecule has 1 amide bonds. The van der Waals surface area contributed by atoms with Crippen molar-refractivity contribution in [3.05, 3.63) is 0 Å². The first kappa shape index (κ1) is 16.7. The second-order valence-electron chi connectivity index (χ2n) is 6.20. The van der Waals surface area contributed by atoms with Crippen LogP contribution in [0, 0.1) is 5.41 Å². The molecule has 0 aromatic rings. The number of alkyl carbamates (subject to hydrolysis) is 1. The lowest BCUT2D eigenvalue weighted by molar-refractivity contribution is -0.148. The Morgan fingerprint density at radius 2 is 1.61 bits per heavy atom. The molecular weight excluding hydrogens is 234 g/mol. The molecule has 5 heteroatoms. The molecule has 0 bridgehead atoms. The fourth-order valence-electron chi connectivity index (χ4n) is 1.28. The Balaban J connectivity index is 4.72. The maximum Gasteiger partial charge on any atom is 0.408 e. The molecule has 0 aliphatic carbocycles. The fraction of sp³-hybridized carbons (Fsp3) is 0.846. The van der Waals surface area contributed by atoms with E-state index in [0.29, 0.717) is 0 Å². The topological polar surface area (TPSA) is 64.6 Å². The number of carbonyl (C=O) groups excluding carboxylic acids is 2. The standard InChI is InChI=1S/C13H25NO4/c1-8-17-10(15)9(12(2,3)4)14-11(16)18-13(5,6)7/h9H,8H2,1-7H3,(H,14,16). The predicted molar refractivity (Wildman–Crippen MR) is 69.2 cm³/mol. The van der Waals surface area contributed by atoms with E-state index >= 15 is 0 Å². The van der Waals surface area contributed by atoms with Gasteiger partial charge < -0.3 is 14.8 Å². The maximum absolute atomic E-state index is 11.8. The minimum absolute atomic E-state index is 0.279. The molecule has 0 aromatic carbocycles. The van der Waals surface area contributed by atoms with E-state index in [1.165, 1.54) is 0 Å². The zero-order chi connectivity index (χ0) is 14.6. The first-order valence-corrected chi connectivity index (χ1v) is 6.13. The van der Waals surface area contributed by atoms with Crippen molar-refractivity contribution < 1.29 is 19.1 Å². The van der Waals surface area contributed by atoms with E-state index in [1.807, 2.05) is 20.8 Å². The number of carbonyl (C=O) groups is 2. The first-order chi connectivity index (χ1) is 7.97. The Morgan fingerprint density at radius 1 is 1.11 bits per heavy atom. The summed E-state index contributed by atoms with van der Waals surface area (Å²) in [6, 6.07) is -0.729. The molecule has 0 fully saturated rings. The SMILES string of the molecule is CCOC(=O)C(NC(=O)OC(C)(C)C)C(C)(C)C. The summed E-state index contributed by atoms with van der Waals surface area (Å²) in [4.78, 5) is 23.5. The number of hydrogen-bond acceptors (Lipinski definition) is 4. The van der Waals surface area contributed by atoms with Crippen LogP contribution in [-0.4, -0.2) is 30.3 Å². The Labute approximate surface area is 109 Å². The van der Waals surface area contributed by atoms with Gasteiger partial charge in [-0.2, -0.15) is 0 Å². The van der Waals surface area contributed by atoms with Crippen LogP contribution in [0.5, 0.6) is 0 Å². The lowest BCUT2D eigenvalue weighted by atomic mass is 9.87. The van der Waals surface area contributed by atoms with Gasteiger partial charge >= 0.3 is 12.1 Å². The van der Waals surface area contributed by atoms with Crippen LogP contribution in [0.4, 0.5) is 4.79 Å². The summed E-state index contributed by atoms with van der Waals surface area (Å²) in [5, 5.41) is 2.56. The van der Waals surface area contributed by atoms with Crippen LogP contribution in [-0.2, 0) is 14.3 Å². The summed E-state index contributed by atoms with van der Waals surface area (Å²) in [6.45, 7) is 12.9. The van der Waals surface area contributed by atoms with Crippen LogP contribution in [0.3, 0.4) is 0 Å². The molecule has 0 aromatic heterocycles. The number of rotatable bonds is 3. The van der Waals surface area contributed by atoms with Gasteiger partial charge in [-0.05, 0) is 33.1 Å². The van der Waals surface area contributed by atoms with E-state index in [1.54, 1.807) is 27.7 Å². The maximum atomic E-state index is 11.8. The smallest absolute Gasteiger partial charge is 0.408 e. The third-order valence-corrected chi connectivity index (χ3v) is 2.05. The molecule has 1 unspecified atom stereocenters. The van der Waals surface area contributed by atoms with Crippen molar-refractivity contribution in [2.45, 2.75) is 60.1 Å². The number of nitrogens with one attached hydrogen (secondary N) is 1. The highest BCUT2D eigenvalue weighted by Crippen LogP contribution is 2.21. The van der Waals surface area contributed by atoms with Gasteiger partial charge in [-0.1, -0.05) is 20.8 Å². The Bertz CT molecular complexity index is 299. The largest absolute Gasteiger partial charge is 0.464 e. The van der Waals surface area contributed by atoms with Crippen LogP contribution >= 0.6 is 0 Å². The quantitative estimate of drug-likeness (QED) is 0.791. The monoisotopic (exact) mass is 259 g/mol. The van der Waals surface area contributed by atoms with Crippen LogP contribution in [0.1, 0.15) is 48.5 Å². The highest BCUT2D eigenvalue weighted by Gasteiger charge is 2.35. The summed E-state index contributed by atoms with van der Waals surface area (Å²) < 4.78 is 10.1. The van der Waals surface area contributed by atoms with Crippen molar-refractivity contribution in [1.29, 1.82) is 0 Å². The van der Waals surface area contributed by atoms with Crippen molar-refractivity contribution in [2.75, 3.05) is 6.61 Å². The lowest BCUT2D eigenvalue weighted by Crippen LogP contribution is -2.51. The lowest BCUT2D eigenvalue weighted by Gasteiger charge is -2.30. The molecule has 1 N–H and O–H groups in total. The number of amides is 1. The average molecular weight is 259 g/mol. The predicted octanol–water partition coefficient (Wildman–Crippen LogP) is 2.49. The van der Waals surface area contributed by atoms with E-state index < -0.39 is 29.1 Å². The highest BCUT2D eigenvalue weighted by atomic mass is 16.6. The van der Waals surface area contributed by atoms with Crippen molar-refractivity contribution in [2.24, 2.45) is 5.41 Å². The van der Waals surface area contributed by atoms with Gasteiger partial charge in [-0.25, -0.2) is 9.59 Å². The zero-order valence-electron chi connectivity index (χ0n) is 12.4. The van der Waals surface area contributed by atoms with Gasteiger partial charge in [0.15, 0.2) is 0 Å². The Morgan fingerprint density at radius 3 is 1.94 bits per heavy atom. The van der Waals surface area contributed by atoms with Crippen molar-refractivity contribution in [3.8, 4) is 0 Å². The van der Waals surface area contributed by atoms with Gasteiger partial charge in [-0.3, -0.25) is 0 Å². The van der Waals surface area contributed by atoms with Crippen molar-refractivity contribution >= 4 is 12.1 Å². The minimum Gasteiger partial charge on any atom is -0.464 e. The molecule has 106 valence electrons. The Hall–Kier alpha value is -1.26. The molecule has 0 aliphatic heterocycles. The summed E-state index contributed by atoms with van der Waals surface area (Å²) in [6.07, 6.45) is -0.615. The third-order valence-electron chi connectivity index (χ3n) is 2.05. The summed E-state index contributed by atoms with van der Waals surface area (Å²) >= 11 is 0. The van der Waals surface area contributed by atoms with Crippen LogP contribution in [0.15, 0.2) is 0 Å².